The monoisotopic (exact) mass is 299 g/mol. The van der Waals surface area contributed by atoms with Gasteiger partial charge in [0.1, 0.15) is 0 Å². The fourth-order valence-corrected chi connectivity index (χ4v) is 2.52. The van der Waals surface area contributed by atoms with E-state index < -0.39 is 6.98 Å². The number of hydrogen-bond donors (Lipinski definition) is 1. The predicted octanol–water partition coefficient (Wildman–Crippen LogP) is 3.12. The maximum absolute atomic E-state index is 12.4. The Bertz CT molecular complexity index is 826. The maximum atomic E-state index is 12.4. The van der Waals surface area contributed by atoms with E-state index in [1.165, 1.54) is 6.20 Å². The Hall–Kier alpha value is -2.43. The summed E-state index contributed by atoms with van der Waals surface area (Å²) in [6.45, 7) is 1.40. The lowest BCUT2D eigenvalue weighted by molar-refractivity contribution is -0.118. The smallest absolute Gasteiger partial charge is 0.231 e. The van der Waals surface area contributed by atoms with Gasteiger partial charge in [0, 0.05) is 34.5 Å². The van der Waals surface area contributed by atoms with Gasteiger partial charge in [0.25, 0.3) is 0 Å². The molecule has 0 fully saturated rings. The largest absolute Gasteiger partial charge is 0.322 e. The van der Waals surface area contributed by atoms with E-state index in [1.807, 2.05) is 18.2 Å². The zero-order valence-electron chi connectivity index (χ0n) is 15.6. The van der Waals surface area contributed by atoms with Gasteiger partial charge in [0.15, 0.2) is 0 Å². The number of rotatable bonds is 0. The van der Waals surface area contributed by atoms with Crippen molar-refractivity contribution < 1.29 is 8.91 Å². The van der Waals surface area contributed by atoms with Crippen molar-refractivity contribution in [3.05, 3.63) is 42.4 Å². The summed E-state index contributed by atoms with van der Waals surface area (Å²) in [6, 6.07) is 3.59. The van der Waals surface area contributed by atoms with Crippen LogP contribution in [0.5, 0.6) is 0 Å². The van der Waals surface area contributed by atoms with Crippen LogP contribution in [0, 0.1) is 5.92 Å². The third-order valence-electron chi connectivity index (χ3n) is 3.91. The van der Waals surface area contributed by atoms with Gasteiger partial charge in [-0.05, 0) is 18.6 Å². The molecule has 2 aromatic rings. The minimum absolute atomic E-state index is 0.151. The van der Waals surface area contributed by atoms with Crippen molar-refractivity contribution in [2.45, 2.75) is 26.2 Å². The number of anilines is 1. The van der Waals surface area contributed by atoms with Gasteiger partial charge >= 0.3 is 0 Å². The molecule has 3 rings (SSSR count). The normalized spacial score (nSPS) is 25.5. The van der Waals surface area contributed by atoms with Gasteiger partial charge in [-0.1, -0.05) is 26.0 Å². The molecule has 0 aromatic carbocycles. The summed E-state index contributed by atoms with van der Waals surface area (Å²) in [5, 5.41) is 6.79. The SMILES string of the molecule is [2H]C([2H])([2H])n1ncc2c1-c1ccnc(c1)C(C)C/C=C/[C@@H](C)C(=O)N2. The van der Waals surface area contributed by atoms with Crippen LogP contribution in [-0.4, -0.2) is 20.7 Å². The first-order valence-corrected chi connectivity index (χ1v) is 7.29. The molecular weight excluding hydrogens is 276 g/mol. The van der Waals surface area contributed by atoms with E-state index >= 15 is 0 Å². The maximum Gasteiger partial charge on any atom is 0.231 e. The van der Waals surface area contributed by atoms with E-state index in [2.05, 4.69) is 22.3 Å². The summed E-state index contributed by atoms with van der Waals surface area (Å²) in [5.41, 5.74) is 2.27. The minimum atomic E-state index is -2.45. The molecule has 1 unspecified atom stereocenters. The molecular formula is C17H20N4O. The first-order valence-electron chi connectivity index (χ1n) is 8.79. The molecule has 1 aliphatic heterocycles. The molecule has 0 saturated carbocycles. The Morgan fingerprint density at radius 1 is 1.45 bits per heavy atom. The van der Waals surface area contributed by atoms with Crippen molar-refractivity contribution in [3.8, 4) is 11.3 Å². The molecule has 1 N–H and O–H groups in total. The number of pyridine rings is 1. The molecule has 2 atom stereocenters. The highest BCUT2D eigenvalue weighted by Crippen LogP contribution is 2.30. The van der Waals surface area contributed by atoms with Gasteiger partial charge in [-0.25, -0.2) is 0 Å². The van der Waals surface area contributed by atoms with E-state index in [0.29, 0.717) is 16.9 Å². The Balaban J connectivity index is 2.21. The predicted molar refractivity (Wildman–Crippen MR) is 86.4 cm³/mol. The third-order valence-corrected chi connectivity index (χ3v) is 3.91. The number of carbonyl (C=O) groups is 1. The van der Waals surface area contributed by atoms with Crippen molar-refractivity contribution in [2.24, 2.45) is 12.9 Å². The van der Waals surface area contributed by atoms with Crippen LogP contribution in [0.15, 0.2) is 36.7 Å². The molecule has 1 aliphatic rings. The zero-order chi connectivity index (χ0) is 18.2. The van der Waals surface area contributed by atoms with Crippen molar-refractivity contribution in [1.29, 1.82) is 0 Å². The number of aromatic nitrogens is 3. The summed E-state index contributed by atoms with van der Waals surface area (Å²) in [5.74, 6) is -0.384. The second kappa shape index (κ2) is 5.75. The summed E-state index contributed by atoms with van der Waals surface area (Å²) < 4.78 is 24.1. The second-order valence-electron chi connectivity index (χ2n) is 5.63. The highest BCUT2D eigenvalue weighted by molar-refractivity contribution is 5.96. The number of amides is 1. The van der Waals surface area contributed by atoms with Crippen LogP contribution >= 0.6 is 0 Å². The quantitative estimate of drug-likeness (QED) is 0.760. The standard InChI is InChI=1S/C17H20N4O/c1-11-5-4-6-12(2)17(22)20-15-10-19-21(3)16(15)13-7-8-18-14(11)9-13/h4,6-12H,5H2,1-3H3,(H,20,22)/b6-4+/t11?,12-/m1/s1/i3D3. The molecule has 114 valence electrons. The van der Waals surface area contributed by atoms with Crippen molar-refractivity contribution in [1.82, 2.24) is 14.8 Å². The van der Waals surface area contributed by atoms with Gasteiger partial charge in [-0.15, -0.1) is 0 Å². The average molecular weight is 299 g/mol. The van der Waals surface area contributed by atoms with E-state index in [9.17, 15) is 4.79 Å². The summed E-state index contributed by atoms with van der Waals surface area (Å²) >= 11 is 0. The van der Waals surface area contributed by atoms with E-state index in [-0.39, 0.29) is 17.7 Å². The average Bonchev–Trinajstić information content (AvgIpc) is 2.97. The van der Waals surface area contributed by atoms with Crippen LogP contribution in [0.4, 0.5) is 5.69 Å². The van der Waals surface area contributed by atoms with Crippen LogP contribution in [0.3, 0.4) is 0 Å². The lowest BCUT2D eigenvalue weighted by atomic mass is 9.98. The summed E-state index contributed by atoms with van der Waals surface area (Å²) in [7, 11) is 0. The van der Waals surface area contributed by atoms with Gasteiger partial charge in [-0.3, -0.25) is 14.5 Å². The first kappa shape index (κ1) is 11.2. The number of nitrogens with one attached hydrogen (secondary N) is 1. The Morgan fingerprint density at radius 3 is 3.14 bits per heavy atom. The van der Waals surface area contributed by atoms with Crippen LogP contribution < -0.4 is 5.32 Å². The zero-order valence-corrected chi connectivity index (χ0v) is 12.6. The number of fused-ring (bicyclic) bond motifs is 4. The van der Waals surface area contributed by atoms with Gasteiger partial charge < -0.3 is 5.32 Å². The molecule has 22 heavy (non-hydrogen) atoms. The van der Waals surface area contributed by atoms with Gasteiger partial charge in [-0.2, -0.15) is 5.10 Å². The second-order valence-corrected chi connectivity index (χ2v) is 5.63. The number of carbonyl (C=O) groups excluding carboxylic acids is 1. The first-order chi connectivity index (χ1) is 11.8. The molecule has 0 saturated heterocycles. The fourth-order valence-electron chi connectivity index (χ4n) is 2.52. The highest BCUT2D eigenvalue weighted by Gasteiger charge is 2.18. The summed E-state index contributed by atoms with van der Waals surface area (Å²) in [6.07, 6.45) is 7.62. The molecule has 2 aromatic heterocycles. The lowest BCUT2D eigenvalue weighted by Crippen LogP contribution is -2.19. The van der Waals surface area contributed by atoms with Crippen LogP contribution in [0.2, 0.25) is 0 Å². The number of aryl methyl sites for hydroxylation is 1. The van der Waals surface area contributed by atoms with Crippen molar-refractivity contribution >= 4 is 11.6 Å². The van der Waals surface area contributed by atoms with Crippen molar-refractivity contribution in [3.63, 3.8) is 0 Å². The fraction of sp³-hybridized carbons (Fsp3) is 0.353. The molecule has 3 heterocycles. The minimum Gasteiger partial charge on any atom is -0.322 e. The Morgan fingerprint density at radius 2 is 2.32 bits per heavy atom. The Labute approximate surface area is 134 Å². The van der Waals surface area contributed by atoms with Crippen LogP contribution in [-0.2, 0) is 11.8 Å². The molecule has 5 heteroatoms. The molecule has 0 spiro atoms. The molecule has 0 aliphatic carbocycles. The lowest BCUT2D eigenvalue weighted by Gasteiger charge is -2.14. The van der Waals surface area contributed by atoms with Gasteiger partial charge in [0.2, 0.25) is 5.91 Å². The van der Waals surface area contributed by atoms with E-state index in [4.69, 9.17) is 4.11 Å². The number of nitrogens with zero attached hydrogens (tertiary/aromatic N) is 3. The van der Waals surface area contributed by atoms with Crippen LogP contribution in [0.25, 0.3) is 11.3 Å². The number of hydrogen-bond acceptors (Lipinski definition) is 3. The van der Waals surface area contributed by atoms with Crippen molar-refractivity contribution in [2.75, 3.05) is 5.32 Å². The topological polar surface area (TPSA) is 59.8 Å². The molecule has 2 bridgehead atoms. The third kappa shape index (κ3) is 2.66. The summed E-state index contributed by atoms with van der Waals surface area (Å²) in [4.78, 5) is 16.8. The molecule has 1 amide bonds. The van der Waals surface area contributed by atoms with Crippen LogP contribution in [0.1, 0.15) is 36.0 Å². The van der Waals surface area contributed by atoms with Gasteiger partial charge in [0.05, 0.1) is 23.5 Å². The molecule has 5 nitrogen and oxygen atoms in total. The highest BCUT2D eigenvalue weighted by atomic mass is 16.1. The van der Waals surface area contributed by atoms with E-state index in [1.54, 1.807) is 19.2 Å². The number of allylic oxidation sites excluding steroid dienone is 1. The molecule has 0 radical (unpaired) electrons. The Kier molecular flexibility index (Phi) is 2.92. The van der Waals surface area contributed by atoms with E-state index in [0.717, 1.165) is 16.8 Å².